The zero-order chi connectivity index (χ0) is 19.5. The number of sulfone groups is 1. The molecule has 1 amide bonds. The van der Waals surface area contributed by atoms with E-state index in [9.17, 15) is 30.6 Å². The number of halogens is 4. The Morgan fingerprint density at radius 1 is 1.04 bits per heavy atom. The van der Waals surface area contributed by atoms with E-state index in [1.807, 2.05) is 0 Å². The summed E-state index contributed by atoms with van der Waals surface area (Å²) in [5.41, 5.74) is -4.82. The van der Waals surface area contributed by atoms with Crippen LogP contribution in [0.25, 0.3) is 0 Å². The first-order valence-electron chi connectivity index (χ1n) is 6.86. The molecule has 0 aromatic heterocycles. The number of nitrogens with one attached hydrogen (secondary N) is 1. The third-order valence-corrected chi connectivity index (χ3v) is 6.06. The lowest BCUT2D eigenvalue weighted by Crippen LogP contribution is -2.23. The summed E-state index contributed by atoms with van der Waals surface area (Å²) in [5, 5.41) is 2.60. The van der Waals surface area contributed by atoms with Crippen LogP contribution < -0.4 is 5.32 Å². The van der Waals surface area contributed by atoms with Crippen molar-refractivity contribution in [2.45, 2.75) is 15.3 Å². The Balaban J connectivity index is 2.06. The standard InChI is InChI=1S/C15H11ClF3NO4S2/c16-10-1-7-13(8-2-10)26(23,24)9-14(21)20-11-3-5-12(6-4-11)25(22)15(17,18)19/h1-8H,9H2,(H,20,21)/t25-/m1/s1. The summed E-state index contributed by atoms with van der Waals surface area (Å²) in [6.45, 7) is 0. The third-order valence-electron chi connectivity index (χ3n) is 3.06. The lowest BCUT2D eigenvalue weighted by atomic mass is 10.3. The van der Waals surface area contributed by atoms with E-state index in [2.05, 4.69) is 5.32 Å². The van der Waals surface area contributed by atoms with Crippen LogP contribution in [0.4, 0.5) is 18.9 Å². The molecule has 0 saturated heterocycles. The van der Waals surface area contributed by atoms with Crippen LogP contribution in [0.2, 0.25) is 5.02 Å². The number of carbonyl (C=O) groups excluding carboxylic acids is 1. The van der Waals surface area contributed by atoms with Gasteiger partial charge in [-0.15, -0.1) is 0 Å². The Kier molecular flexibility index (Phi) is 6.09. The minimum absolute atomic E-state index is 0.0734. The van der Waals surface area contributed by atoms with Crippen LogP contribution in [0.3, 0.4) is 0 Å². The van der Waals surface area contributed by atoms with E-state index in [0.717, 1.165) is 24.3 Å². The van der Waals surface area contributed by atoms with E-state index in [4.69, 9.17) is 11.6 Å². The molecule has 0 aliphatic carbocycles. The average molecular weight is 426 g/mol. The zero-order valence-electron chi connectivity index (χ0n) is 12.8. The van der Waals surface area contributed by atoms with Gasteiger partial charge in [-0.05, 0) is 48.5 Å². The van der Waals surface area contributed by atoms with Crippen molar-refractivity contribution in [3.8, 4) is 0 Å². The Labute approximate surface area is 154 Å². The first-order valence-corrected chi connectivity index (χ1v) is 10.0. The van der Waals surface area contributed by atoms with Crippen molar-refractivity contribution in [1.82, 2.24) is 0 Å². The minimum atomic E-state index is -4.89. The molecule has 5 nitrogen and oxygen atoms in total. The van der Waals surface area contributed by atoms with Crippen LogP contribution in [0, 0.1) is 0 Å². The lowest BCUT2D eigenvalue weighted by molar-refractivity contribution is -0.113. The topological polar surface area (TPSA) is 80.3 Å². The van der Waals surface area contributed by atoms with Crippen LogP contribution in [0.15, 0.2) is 58.3 Å². The van der Waals surface area contributed by atoms with Crippen LogP contribution >= 0.6 is 11.6 Å². The Morgan fingerprint density at radius 3 is 2.08 bits per heavy atom. The SMILES string of the molecule is O=C(CS(=O)(=O)c1ccc(Cl)cc1)Nc1ccc([S@@](=O)C(F)(F)F)cc1. The highest BCUT2D eigenvalue weighted by Crippen LogP contribution is 2.27. The third kappa shape index (κ3) is 5.29. The summed E-state index contributed by atoms with van der Waals surface area (Å²) in [5.74, 6) is -1.73. The summed E-state index contributed by atoms with van der Waals surface area (Å²) in [4.78, 5) is 11.3. The van der Waals surface area contributed by atoms with Crippen molar-refractivity contribution >= 4 is 43.8 Å². The average Bonchev–Trinajstić information content (AvgIpc) is 2.54. The Morgan fingerprint density at radius 2 is 1.58 bits per heavy atom. The van der Waals surface area contributed by atoms with E-state index in [1.165, 1.54) is 24.3 Å². The summed E-state index contributed by atoms with van der Waals surface area (Å²) in [6.07, 6.45) is 0. The zero-order valence-corrected chi connectivity index (χ0v) is 15.2. The summed E-state index contributed by atoms with van der Waals surface area (Å²) in [6, 6.07) is 9.33. The van der Waals surface area contributed by atoms with Crippen LogP contribution in [0.1, 0.15) is 0 Å². The fraction of sp³-hybridized carbons (Fsp3) is 0.133. The highest BCUT2D eigenvalue weighted by atomic mass is 35.5. The molecule has 2 rings (SSSR count). The molecule has 0 bridgehead atoms. The van der Waals surface area contributed by atoms with E-state index >= 15 is 0 Å². The molecule has 0 spiro atoms. The van der Waals surface area contributed by atoms with Gasteiger partial charge in [0.2, 0.25) is 5.91 Å². The molecule has 0 fully saturated rings. The summed E-state index contributed by atoms with van der Waals surface area (Å²) < 4.78 is 72.6. The van der Waals surface area contributed by atoms with E-state index in [-0.39, 0.29) is 10.6 Å². The number of hydrogen-bond acceptors (Lipinski definition) is 4. The molecule has 2 aromatic carbocycles. The second-order valence-electron chi connectivity index (χ2n) is 5.00. The lowest BCUT2D eigenvalue weighted by Gasteiger charge is -2.09. The van der Waals surface area contributed by atoms with Gasteiger partial charge >= 0.3 is 5.51 Å². The molecule has 2 aromatic rings. The molecule has 0 aliphatic rings. The van der Waals surface area contributed by atoms with Crippen molar-refractivity contribution in [2.24, 2.45) is 0 Å². The van der Waals surface area contributed by atoms with Gasteiger partial charge < -0.3 is 5.32 Å². The maximum absolute atomic E-state index is 12.4. The number of carbonyl (C=O) groups is 1. The number of amides is 1. The molecule has 0 unspecified atom stereocenters. The van der Waals surface area contributed by atoms with Crippen molar-refractivity contribution in [3.63, 3.8) is 0 Å². The van der Waals surface area contributed by atoms with Crippen LogP contribution in [-0.2, 0) is 25.4 Å². The van der Waals surface area contributed by atoms with Gasteiger partial charge in [-0.3, -0.25) is 4.79 Å². The molecule has 0 radical (unpaired) electrons. The number of benzene rings is 2. The van der Waals surface area contributed by atoms with Gasteiger partial charge in [0.05, 0.1) is 4.90 Å². The molecule has 0 aliphatic heterocycles. The van der Waals surface area contributed by atoms with Gasteiger partial charge in [-0.2, -0.15) is 13.2 Å². The van der Waals surface area contributed by atoms with Crippen LogP contribution in [0.5, 0.6) is 0 Å². The Hall–Kier alpha value is -1.91. The highest BCUT2D eigenvalue weighted by molar-refractivity contribution is 7.92. The van der Waals surface area contributed by atoms with Crippen LogP contribution in [-0.4, -0.2) is 29.8 Å². The monoisotopic (exact) mass is 425 g/mol. The largest absolute Gasteiger partial charge is 0.475 e. The van der Waals surface area contributed by atoms with Gasteiger partial charge in [-0.1, -0.05) is 11.6 Å². The molecular formula is C15H11ClF3NO4S2. The molecule has 140 valence electrons. The molecule has 0 heterocycles. The first-order chi connectivity index (χ1) is 12.0. The van der Waals surface area contributed by atoms with Crippen molar-refractivity contribution in [3.05, 3.63) is 53.6 Å². The van der Waals surface area contributed by atoms with Gasteiger partial charge in [0.25, 0.3) is 0 Å². The highest BCUT2D eigenvalue weighted by Gasteiger charge is 2.37. The molecule has 1 N–H and O–H groups in total. The molecule has 11 heteroatoms. The maximum Gasteiger partial charge on any atom is 0.475 e. The van der Waals surface area contributed by atoms with E-state index in [0.29, 0.717) is 5.02 Å². The quantitative estimate of drug-likeness (QED) is 0.796. The molecular weight excluding hydrogens is 415 g/mol. The Bertz CT molecular complexity index is 927. The number of hydrogen-bond donors (Lipinski definition) is 1. The van der Waals surface area contributed by atoms with E-state index < -0.39 is 42.7 Å². The summed E-state index contributed by atoms with van der Waals surface area (Å²) >= 11 is 5.67. The van der Waals surface area contributed by atoms with E-state index in [1.54, 1.807) is 0 Å². The van der Waals surface area contributed by atoms with Gasteiger partial charge in [0.1, 0.15) is 5.75 Å². The predicted molar refractivity (Wildman–Crippen MR) is 91.0 cm³/mol. The van der Waals surface area contributed by atoms with Crippen molar-refractivity contribution in [2.75, 3.05) is 11.1 Å². The second-order valence-corrected chi connectivity index (χ2v) is 8.90. The number of rotatable bonds is 5. The van der Waals surface area contributed by atoms with Gasteiger partial charge in [0.15, 0.2) is 20.6 Å². The van der Waals surface area contributed by atoms with Gasteiger partial charge in [-0.25, -0.2) is 12.6 Å². The normalized spacial score (nSPS) is 13.2. The fourth-order valence-electron chi connectivity index (χ4n) is 1.89. The predicted octanol–water partition coefficient (Wildman–Crippen LogP) is 3.38. The number of anilines is 1. The second kappa shape index (κ2) is 7.77. The van der Waals surface area contributed by atoms with Crippen molar-refractivity contribution < 1.29 is 30.6 Å². The molecule has 26 heavy (non-hydrogen) atoms. The summed E-state index contributed by atoms with van der Waals surface area (Å²) in [7, 11) is -7.09. The smallest absolute Gasteiger partial charge is 0.325 e. The maximum atomic E-state index is 12.4. The molecule has 0 saturated carbocycles. The fourth-order valence-corrected chi connectivity index (χ4v) is 3.80. The minimum Gasteiger partial charge on any atom is -0.325 e. The number of alkyl halides is 3. The molecule has 1 atom stereocenters. The van der Waals surface area contributed by atoms with Crippen molar-refractivity contribution in [1.29, 1.82) is 0 Å². The first kappa shape index (κ1) is 20.4. The van der Waals surface area contributed by atoms with Gasteiger partial charge in [0, 0.05) is 15.6 Å².